The molecule has 1 unspecified atom stereocenters. The summed E-state index contributed by atoms with van der Waals surface area (Å²) in [5.74, 6) is -1.36. The fourth-order valence-corrected chi connectivity index (χ4v) is 4.78. The Morgan fingerprint density at radius 2 is 1.85 bits per heavy atom. The van der Waals surface area contributed by atoms with E-state index in [9.17, 15) is 19.5 Å². The average Bonchev–Trinajstić information content (AvgIpc) is 2.77. The van der Waals surface area contributed by atoms with Gasteiger partial charge in [-0.3, -0.25) is 9.59 Å². The molecular formula is C26H20O7. The van der Waals surface area contributed by atoms with Crippen molar-refractivity contribution in [3.05, 3.63) is 75.1 Å². The van der Waals surface area contributed by atoms with Crippen LogP contribution in [0, 0.1) is 6.92 Å². The topological polar surface area (TPSA) is 103 Å². The molecule has 0 fully saturated rings. The van der Waals surface area contributed by atoms with E-state index in [0.29, 0.717) is 16.9 Å². The summed E-state index contributed by atoms with van der Waals surface area (Å²) in [4.78, 5) is 37.5. The summed E-state index contributed by atoms with van der Waals surface area (Å²) < 4.78 is 16.6. The second-order valence-electron chi connectivity index (χ2n) is 8.11. The molecule has 1 aromatic heterocycles. The maximum absolute atomic E-state index is 12.7. The zero-order valence-corrected chi connectivity index (χ0v) is 18.2. The predicted octanol–water partition coefficient (Wildman–Crippen LogP) is 4.61. The largest absolute Gasteiger partial charge is 0.506 e. The third kappa shape index (κ3) is 3.08. The number of hydrogen-bond acceptors (Lipinski definition) is 7. The van der Waals surface area contributed by atoms with Crippen molar-refractivity contribution in [2.45, 2.75) is 26.2 Å². The third-order valence-corrected chi connectivity index (χ3v) is 6.15. The van der Waals surface area contributed by atoms with Crippen LogP contribution in [-0.2, 0) is 4.79 Å². The molecule has 3 aromatic carbocycles. The maximum atomic E-state index is 12.7. The molecule has 166 valence electrons. The highest BCUT2D eigenvalue weighted by Gasteiger charge is 2.38. The van der Waals surface area contributed by atoms with Crippen molar-refractivity contribution in [1.82, 2.24) is 0 Å². The van der Waals surface area contributed by atoms with Gasteiger partial charge in [0.25, 0.3) is 0 Å². The van der Waals surface area contributed by atoms with Gasteiger partial charge in [-0.15, -0.1) is 0 Å². The molecule has 2 heterocycles. The van der Waals surface area contributed by atoms with Crippen LogP contribution < -0.4 is 15.1 Å². The molecule has 0 spiro atoms. The van der Waals surface area contributed by atoms with Gasteiger partial charge in [0.15, 0.2) is 11.5 Å². The van der Waals surface area contributed by atoms with Gasteiger partial charge in [0, 0.05) is 22.9 Å². The quantitative estimate of drug-likeness (QED) is 0.213. The predicted molar refractivity (Wildman–Crippen MR) is 121 cm³/mol. The molecule has 0 radical (unpaired) electrons. The molecular weight excluding hydrogens is 424 g/mol. The van der Waals surface area contributed by atoms with Crippen molar-refractivity contribution in [3.63, 3.8) is 0 Å². The standard InChI is InChI=1S/C26H20O7/c1-12-10-19(28)32-25-21(12)24(30)22(13(2)27)26-23(25)17(11-20(29)33-26)15-8-9-18(31-3)16-7-5-4-6-14(15)16/h4-10,17,30H,11H2,1-3H3. The molecule has 33 heavy (non-hydrogen) atoms. The summed E-state index contributed by atoms with van der Waals surface area (Å²) in [6.07, 6.45) is -0.0296. The molecule has 0 saturated carbocycles. The van der Waals surface area contributed by atoms with E-state index in [1.54, 1.807) is 14.0 Å². The number of Topliss-reactive ketones (excluding diaryl/α,β-unsaturated/α-hetero) is 1. The smallest absolute Gasteiger partial charge is 0.336 e. The molecule has 0 aliphatic carbocycles. The van der Waals surface area contributed by atoms with Gasteiger partial charge in [-0.25, -0.2) is 4.79 Å². The number of methoxy groups -OCH3 is 1. The first-order valence-electron chi connectivity index (χ1n) is 10.4. The second-order valence-corrected chi connectivity index (χ2v) is 8.11. The highest BCUT2D eigenvalue weighted by Crippen LogP contribution is 2.50. The highest BCUT2D eigenvalue weighted by atomic mass is 16.5. The van der Waals surface area contributed by atoms with Crippen LogP contribution in [0.4, 0.5) is 0 Å². The van der Waals surface area contributed by atoms with E-state index in [2.05, 4.69) is 0 Å². The van der Waals surface area contributed by atoms with Gasteiger partial charge in [-0.05, 0) is 36.4 Å². The number of ether oxygens (including phenoxy) is 2. The van der Waals surface area contributed by atoms with Crippen molar-refractivity contribution < 1.29 is 28.6 Å². The normalized spacial score (nSPS) is 15.4. The minimum Gasteiger partial charge on any atom is -0.506 e. The van der Waals surface area contributed by atoms with E-state index in [-0.39, 0.29) is 34.5 Å². The molecule has 7 nitrogen and oxygen atoms in total. The summed E-state index contributed by atoms with van der Waals surface area (Å²) >= 11 is 0. The lowest BCUT2D eigenvalue weighted by Crippen LogP contribution is -2.24. The first kappa shape index (κ1) is 20.8. The van der Waals surface area contributed by atoms with Gasteiger partial charge in [-0.1, -0.05) is 30.3 Å². The highest BCUT2D eigenvalue weighted by molar-refractivity contribution is 6.09. The Bertz CT molecular complexity index is 1540. The van der Waals surface area contributed by atoms with Crippen LogP contribution in [-0.4, -0.2) is 24.0 Å². The third-order valence-electron chi connectivity index (χ3n) is 6.15. The van der Waals surface area contributed by atoms with Crippen molar-refractivity contribution >= 4 is 33.5 Å². The fourth-order valence-electron chi connectivity index (χ4n) is 4.78. The maximum Gasteiger partial charge on any atom is 0.336 e. The fraction of sp³-hybridized carbons (Fsp3) is 0.192. The van der Waals surface area contributed by atoms with Gasteiger partial charge in [0.05, 0.1) is 18.9 Å². The molecule has 1 atom stereocenters. The first-order chi connectivity index (χ1) is 15.8. The zero-order valence-electron chi connectivity index (χ0n) is 18.2. The summed E-state index contributed by atoms with van der Waals surface area (Å²) in [6.45, 7) is 2.94. The zero-order chi connectivity index (χ0) is 23.4. The number of carbonyl (C=O) groups excluding carboxylic acids is 2. The number of phenolic OH excluding ortho intramolecular Hbond substituents is 1. The van der Waals surface area contributed by atoms with Gasteiger partial charge in [-0.2, -0.15) is 0 Å². The van der Waals surface area contributed by atoms with E-state index in [4.69, 9.17) is 13.9 Å². The second kappa shape index (κ2) is 7.48. The van der Waals surface area contributed by atoms with Crippen LogP contribution in [0.25, 0.3) is 21.7 Å². The van der Waals surface area contributed by atoms with Gasteiger partial charge < -0.3 is 19.0 Å². The van der Waals surface area contributed by atoms with Crippen molar-refractivity contribution in [2.75, 3.05) is 7.11 Å². The number of phenols is 1. The lowest BCUT2D eigenvalue weighted by molar-refractivity contribution is -0.135. The molecule has 0 bridgehead atoms. The van der Waals surface area contributed by atoms with Crippen molar-refractivity contribution in [2.24, 2.45) is 0 Å². The van der Waals surface area contributed by atoms with Gasteiger partial charge in [0.2, 0.25) is 0 Å². The molecule has 5 rings (SSSR count). The number of rotatable bonds is 3. The number of fused-ring (bicyclic) bond motifs is 4. The van der Waals surface area contributed by atoms with Gasteiger partial charge in [0.1, 0.15) is 22.6 Å². The number of aryl methyl sites for hydroxylation is 1. The number of esters is 1. The summed E-state index contributed by atoms with van der Waals surface area (Å²) in [5.41, 5.74) is 1.03. The minimum atomic E-state index is -0.604. The van der Waals surface area contributed by atoms with Gasteiger partial charge >= 0.3 is 11.6 Å². The van der Waals surface area contributed by atoms with Crippen molar-refractivity contribution in [3.8, 4) is 17.2 Å². The molecule has 1 aliphatic rings. The summed E-state index contributed by atoms with van der Waals surface area (Å²) in [5, 5.41) is 12.9. The Kier molecular flexibility index (Phi) is 4.70. The van der Waals surface area contributed by atoms with E-state index < -0.39 is 23.3 Å². The Hall–Kier alpha value is -4.13. The minimum absolute atomic E-state index is 0.0296. The van der Waals surface area contributed by atoms with Crippen molar-refractivity contribution in [1.29, 1.82) is 0 Å². The molecule has 1 N–H and O–H groups in total. The number of ketones is 1. The number of benzene rings is 3. The number of hydrogen-bond donors (Lipinski definition) is 1. The Balaban J connectivity index is 1.95. The Morgan fingerprint density at radius 3 is 2.55 bits per heavy atom. The lowest BCUT2D eigenvalue weighted by atomic mass is 9.81. The number of aromatic hydroxyl groups is 1. The molecule has 0 saturated heterocycles. The first-order valence-corrected chi connectivity index (χ1v) is 10.4. The van der Waals surface area contributed by atoms with Crippen LogP contribution in [0.2, 0.25) is 0 Å². The SMILES string of the molecule is COc1ccc(C2CC(=O)Oc3c(C(C)=O)c(O)c4c(C)cc(=O)oc4c32)c2ccccc12. The average molecular weight is 444 g/mol. The Labute approximate surface area is 188 Å². The molecule has 0 amide bonds. The number of carbonyl (C=O) groups is 2. The van der Waals surface area contributed by atoms with Crippen LogP contribution in [0.1, 0.15) is 46.3 Å². The van der Waals surface area contributed by atoms with Crippen LogP contribution in [0.15, 0.2) is 51.7 Å². The lowest BCUT2D eigenvalue weighted by Gasteiger charge is -2.28. The molecule has 7 heteroatoms. The monoisotopic (exact) mass is 444 g/mol. The van der Waals surface area contributed by atoms with E-state index in [1.807, 2.05) is 36.4 Å². The molecule has 4 aromatic rings. The summed E-state index contributed by atoms with van der Waals surface area (Å²) in [7, 11) is 1.58. The van der Waals surface area contributed by atoms with E-state index in [0.717, 1.165) is 16.3 Å². The van der Waals surface area contributed by atoms with Crippen LogP contribution >= 0.6 is 0 Å². The van der Waals surface area contributed by atoms with E-state index in [1.165, 1.54) is 13.0 Å². The van der Waals surface area contributed by atoms with Crippen LogP contribution in [0.5, 0.6) is 17.2 Å². The summed E-state index contributed by atoms with van der Waals surface area (Å²) in [6, 6.07) is 12.5. The van der Waals surface area contributed by atoms with Crippen LogP contribution in [0.3, 0.4) is 0 Å². The molecule has 1 aliphatic heterocycles. The Morgan fingerprint density at radius 1 is 1.12 bits per heavy atom. The van der Waals surface area contributed by atoms with E-state index >= 15 is 0 Å².